The maximum atomic E-state index is 13.3. The van der Waals surface area contributed by atoms with Gasteiger partial charge in [-0.1, -0.05) is 25.1 Å². The number of hydrogen-bond donors (Lipinski definition) is 0. The number of nitrogens with zero attached hydrogens (tertiary/aromatic N) is 2. The maximum Gasteiger partial charge on any atom is 0.127 e. The highest BCUT2D eigenvalue weighted by Crippen LogP contribution is 2.09. The molecular weight excluding hydrogens is 191 g/mol. The minimum atomic E-state index is -0.198. The van der Waals surface area contributed by atoms with Crippen molar-refractivity contribution < 1.29 is 4.39 Å². The van der Waals surface area contributed by atoms with Crippen LogP contribution in [-0.4, -0.2) is 18.0 Å². The van der Waals surface area contributed by atoms with Gasteiger partial charge in [-0.2, -0.15) is 5.26 Å². The third kappa shape index (κ3) is 3.69. The molecule has 0 aromatic heterocycles. The average Bonchev–Trinajstić information content (AvgIpc) is 2.22. The second-order valence-corrected chi connectivity index (χ2v) is 3.46. The molecule has 0 fully saturated rings. The standard InChI is InChI=1S/C12H15FN2/c1-2-8-15(9-7-14)10-11-5-3-4-6-12(11)13/h3-6H,2,8-10H2,1H3. The summed E-state index contributed by atoms with van der Waals surface area (Å²) in [6.07, 6.45) is 0.968. The van der Waals surface area contributed by atoms with Crippen LogP contribution < -0.4 is 0 Å². The summed E-state index contributed by atoms with van der Waals surface area (Å²) in [5.41, 5.74) is 0.654. The molecule has 0 aliphatic rings. The van der Waals surface area contributed by atoms with E-state index in [4.69, 9.17) is 5.26 Å². The molecule has 0 N–H and O–H groups in total. The van der Waals surface area contributed by atoms with E-state index in [2.05, 4.69) is 6.07 Å². The Kier molecular flexibility index (Phi) is 4.79. The van der Waals surface area contributed by atoms with Gasteiger partial charge in [0.1, 0.15) is 5.82 Å². The van der Waals surface area contributed by atoms with Crippen LogP contribution in [0.5, 0.6) is 0 Å². The first-order valence-corrected chi connectivity index (χ1v) is 5.10. The van der Waals surface area contributed by atoms with E-state index in [1.807, 2.05) is 17.9 Å². The Morgan fingerprint density at radius 2 is 2.13 bits per heavy atom. The Hall–Kier alpha value is -1.40. The second kappa shape index (κ2) is 6.15. The summed E-state index contributed by atoms with van der Waals surface area (Å²) in [5.74, 6) is -0.198. The summed E-state index contributed by atoms with van der Waals surface area (Å²) >= 11 is 0. The van der Waals surface area contributed by atoms with Crippen LogP contribution >= 0.6 is 0 Å². The average molecular weight is 206 g/mol. The van der Waals surface area contributed by atoms with Crippen LogP contribution in [0.3, 0.4) is 0 Å². The molecule has 80 valence electrons. The summed E-state index contributed by atoms with van der Waals surface area (Å²) in [6, 6.07) is 8.79. The maximum absolute atomic E-state index is 13.3. The topological polar surface area (TPSA) is 27.0 Å². The Morgan fingerprint density at radius 1 is 1.40 bits per heavy atom. The third-order valence-electron chi connectivity index (χ3n) is 2.19. The molecule has 0 amide bonds. The van der Waals surface area contributed by atoms with Crippen molar-refractivity contribution >= 4 is 0 Å². The fraction of sp³-hybridized carbons (Fsp3) is 0.417. The second-order valence-electron chi connectivity index (χ2n) is 3.46. The molecule has 1 rings (SSSR count). The van der Waals surface area contributed by atoms with Gasteiger partial charge in [0.2, 0.25) is 0 Å². The number of hydrogen-bond acceptors (Lipinski definition) is 2. The fourth-order valence-electron chi connectivity index (χ4n) is 1.50. The summed E-state index contributed by atoms with van der Waals surface area (Å²) in [7, 11) is 0. The van der Waals surface area contributed by atoms with E-state index < -0.39 is 0 Å². The first-order valence-electron chi connectivity index (χ1n) is 5.10. The van der Waals surface area contributed by atoms with Crippen LogP contribution in [0, 0.1) is 17.1 Å². The Morgan fingerprint density at radius 3 is 2.73 bits per heavy atom. The van der Waals surface area contributed by atoms with Crippen LogP contribution in [0.25, 0.3) is 0 Å². The van der Waals surface area contributed by atoms with Gasteiger partial charge in [0, 0.05) is 12.1 Å². The zero-order valence-corrected chi connectivity index (χ0v) is 8.91. The molecule has 2 nitrogen and oxygen atoms in total. The summed E-state index contributed by atoms with van der Waals surface area (Å²) < 4.78 is 13.3. The van der Waals surface area contributed by atoms with Crippen molar-refractivity contribution in [3.05, 3.63) is 35.6 Å². The minimum absolute atomic E-state index is 0.198. The number of rotatable bonds is 5. The smallest absolute Gasteiger partial charge is 0.127 e. The number of nitriles is 1. The molecule has 1 aromatic carbocycles. The first-order chi connectivity index (χ1) is 7.27. The third-order valence-corrected chi connectivity index (χ3v) is 2.19. The predicted molar refractivity (Wildman–Crippen MR) is 57.6 cm³/mol. The van der Waals surface area contributed by atoms with Crippen LogP contribution in [0.15, 0.2) is 24.3 Å². The minimum Gasteiger partial charge on any atom is -0.286 e. The highest BCUT2D eigenvalue weighted by molar-refractivity contribution is 5.17. The Bertz CT molecular complexity index is 344. The van der Waals surface area contributed by atoms with Gasteiger partial charge in [0.15, 0.2) is 0 Å². The SMILES string of the molecule is CCCN(CC#N)Cc1ccccc1F. The molecule has 0 spiro atoms. The van der Waals surface area contributed by atoms with E-state index >= 15 is 0 Å². The van der Waals surface area contributed by atoms with E-state index in [1.54, 1.807) is 12.1 Å². The van der Waals surface area contributed by atoms with E-state index in [0.29, 0.717) is 18.7 Å². The van der Waals surface area contributed by atoms with Gasteiger partial charge in [0.05, 0.1) is 12.6 Å². The first kappa shape index (κ1) is 11.7. The molecule has 0 saturated heterocycles. The zero-order valence-electron chi connectivity index (χ0n) is 8.91. The molecule has 0 aliphatic carbocycles. The largest absolute Gasteiger partial charge is 0.286 e. The van der Waals surface area contributed by atoms with Gasteiger partial charge in [-0.15, -0.1) is 0 Å². The molecule has 0 radical (unpaired) electrons. The van der Waals surface area contributed by atoms with Crippen LogP contribution in [-0.2, 0) is 6.54 Å². The molecule has 15 heavy (non-hydrogen) atoms. The van der Waals surface area contributed by atoms with Crippen LogP contribution in [0.1, 0.15) is 18.9 Å². The Balaban J connectivity index is 2.66. The van der Waals surface area contributed by atoms with E-state index in [1.165, 1.54) is 6.07 Å². The van der Waals surface area contributed by atoms with Crippen molar-refractivity contribution in [3.63, 3.8) is 0 Å². The van der Waals surface area contributed by atoms with Gasteiger partial charge >= 0.3 is 0 Å². The quantitative estimate of drug-likeness (QED) is 0.692. The van der Waals surface area contributed by atoms with Gasteiger partial charge in [-0.3, -0.25) is 4.90 Å². The fourth-order valence-corrected chi connectivity index (χ4v) is 1.50. The van der Waals surface area contributed by atoms with E-state index in [0.717, 1.165) is 13.0 Å². The van der Waals surface area contributed by atoms with Crippen molar-refractivity contribution in [2.45, 2.75) is 19.9 Å². The molecule has 0 aliphatic heterocycles. The molecule has 0 atom stereocenters. The molecule has 0 heterocycles. The molecule has 3 heteroatoms. The molecule has 0 unspecified atom stereocenters. The highest BCUT2D eigenvalue weighted by atomic mass is 19.1. The highest BCUT2D eigenvalue weighted by Gasteiger charge is 2.07. The summed E-state index contributed by atoms with van der Waals surface area (Å²) in [6.45, 7) is 3.73. The number of benzene rings is 1. The lowest BCUT2D eigenvalue weighted by molar-refractivity contribution is 0.294. The van der Waals surface area contributed by atoms with Gasteiger partial charge in [0.25, 0.3) is 0 Å². The van der Waals surface area contributed by atoms with Crippen molar-refractivity contribution in [2.24, 2.45) is 0 Å². The lowest BCUT2D eigenvalue weighted by Crippen LogP contribution is -2.24. The molecule has 0 saturated carbocycles. The normalized spacial score (nSPS) is 10.3. The van der Waals surface area contributed by atoms with Crippen LogP contribution in [0.2, 0.25) is 0 Å². The zero-order chi connectivity index (χ0) is 11.1. The van der Waals surface area contributed by atoms with E-state index in [9.17, 15) is 4.39 Å². The Labute approximate surface area is 89.9 Å². The number of halogens is 1. The lowest BCUT2D eigenvalue weighted by atomic mass is 10.2. The van der Waals surface area contributed by atoms with E-state index in [-0.39, 0.29) is 5.82 Å². The summed E-state index contributed by atoms with van der Waals surface area (Å²) in [4.78, 5) is 1.94. The van der Waals surface area contributed by atoms with Gasteiger partial charge in [-0.25, -0.2) is 4.39 Å². The molecule has 0 bridgehead atoms. The molecule has 1 aromatic rings. The van der Waals surface area contributed by atoms with Crippen molar-refractivity contribution in [3.8, 4) is 6.07 Å². The van der Waals surface area contributed by atoms with Crippen molar-refractivity contribution in [2.75, 3.05) is 13.1 Å². The molecular formula is C12H15FN2. The summed E-state index contributed by atoms with van der Waals surface area (Å²) in [5, 5.41) is 8.63. The van der Waals surface area contributed by atoms with Gasteiger partial charge < -0.3 is 0 Å². The van der Waals surface area contributed by atoms with Crippen molar-refractivity contribution in [1.82, 2.24) is 4.90 Å². The van der Waals surface area contributed by atoms with Gasteiger partial charge in [-0.05, 0) is 19.0 Å². The predicted octanol–water partition coefficient (Wildman–Crippen LogP) is 2.56. The van der Waals surface area contributed by atoms with Crippen LogP contribution in [0.4, 0.5) is 4.39 Å². The van der Waals surface area contributed by atoms with Crippen molar-refractivity contribution in [1.29, 1.82) is 5.26 Å². The monoisotopic (exact) mass is 206 g/mol. The lowest BCUT2D eigenvalue weighted by Gasteiger charge is -2.18.